The highest BCUT2D eigenvalue weighted by molar-refractivity contribution is 7.91. The van der Waals surface area contributed by atoms with Crippen LogP contribution in [0.2, 0.25) is 0 Å². The van der Waals surface area contributed by atoms with Gasteiger partial charge >= 0.3 is 0 Å². The van der Waals surface area contributed by atoms with Gasteiger partial charge in [0.25, 0.3) is 5.91 Å². The Morgan fingerprint density at radius 1 is 1.04 bits per heavy atom. The average molecular weight is 632 g/mol. The SMILES string of the molecule is [N-]=[N+]=NCc1ccccc1[C@@H]1OC(c2ccc(OCCCO)cc2)=N[C@]1(CCS(=O)(=O)c1ccccc1)C(=O)N1CCCCC1. The van der Waals surface area contributed by atoms with E-state index in [4.69, 9.17) is 25.1 Å². The fourth-order valence-corrected chi connectivity index (χ4v) is 7.17. The van der Waals surface area contributed by atoms with Crippen LogP contribution in [-0.2, 0) is 25.9 Å². The summed E-state index contributed by atoms with van der Waals surface area (Å²) in [5, 5.41) is 12.8. The Balaban J connectivity index is 1.61. The molecule has 2 atom stereocenters. The van der Waals surface area contributed by atoms with Gasteiger partial charge in [0.2, 0.25) is 5.90 Å². The van der Waals surface area contributed by atoms with Crippen molar-refractivity contribution in [2.75, 3.05) is 32.1 Å². The molecule has 0 spiro atoms. The topological polar surface area (TPSA) is 154 Å². The van der Waals surface area contributed by atoms with E-state index in [1.165, 1.54) is 0 Å². The summed E-state index contributed by atoms with van der Waals surface area (Å²) in [6.45, 7) is 1.50. The van der Waals surface area contributed by atoms with Crippen molar-refractivity contribution in [3.05, 3.63) is 106 Å². The molecule has 45 heavy (non-hydrogen) atoms. The van der Waals surface area contributed by atoms with E-state index in [9.17, 15) is 13.2 Å². The third kappa shape index (κ3) is 7.30. The molecule has 11 nitrogen and oxygen atoms in total. The minimum atomic E-state index is -3.78. The Morgan fingerprint density at radius 3 is 2.47 bits per heavy atom. The number of ether oxygens (including phenoxy) is 2. The van der Waals surface area contributed by atoms with Crippen LogP contribution in [0.1, 0.15) is 54.9 Å². The van der Waals surface area contributed by atoms with E-state index in [-0.39, 0.29) is 42.0 Å². The highest BCUT2D eigenvalue weighted by Gasteiger charge is 2.55. The molecular weight excluding hydrogens is 594 g/mol. The van der Waals surface area contributed by atoms with E-state index in [1.54, 1.807) is 65.6 Å². The zero-order valence-corrected chi connectivity index (χ0v) is 25.8. The van der Waals surface area contributed by atoms with Gasteiger partial charge in [-0.25, -0.2) is 13.4 Å². The molecule has 5 rings (SSSR count). The molecule has 0 aliphatic carbocycles. The number of benzene rings is 3. The summed E-state index contributed by atoms with van der Waals surface area (Å²) in [6, 6.07) is 22.5. The number of rotatable bonds is 13. The van der Waals surface area contributed by atoms with Gasteiger partial charge in [0.1, 0.15) is 5.75 Å². The van der Waals surface area contributed by atoms with Crippen LogP contribution in [0, 0.1) is 0 Å². The van der Waals surface area contributed by atoms with Crippen molar-refractivity contribution in [2.45, 2.75) is 55.2 Å². The van der Waals surface area contributed by atoms with Gasteiger partial charge < -0.3 is 19.5 Å². The summed E-state index contributed by atoms with van der Waals surface area (Å²) in [6.07, 6.45) is 2.11. The Morgan fingerprint density at radius 2 is 1.76 bits per heavy atom. The van der Waals surface area contributed by atoms with Gasteiger partial charge in [-0.3, -0.25) is 4.79 Å². The number of hydrogen-bond acceptors (Lipinski definition) is 8. The van der Waals surface area contributed by atoms with Crippen molar-refractivity contribution in [1.29, 1.82) is 0 Å². The van der Waals surface area contributed by atoms with Gasteiger partial charge in [0.15, 0.2) is 21.5 Å². The Labute approximate surface area is 263 Å². The van der Waals surface area contributed by atoms with Crippen LogP contribution in [0.25, 0.3) is 10.4 Å². The second kappa shape index (κ2) is 14.6. The molecule has 3 aromatic carbocycles. The molecule has 1 amide bonds. The first kappa shape index (κ1) is 32.0. The maximum atomic E-state index is 14.7. The van der Waals surface area contributed by atoms with Crippen molar-refractivity contribution in [3.8, 4) is 5.75 Å². The molecule has 3 aromatic rings. The number of nitrogens with zero attached hydrogens (tertiary/aromatic N) is 5. The zero-order valence-electron chi connectivity index (χ0n) is 25.0. The molecule has 2 heterocycles. The summed E-state index contributed by atoms with van der Waals surface area (Å²) in [4.78, 5) is 24.6. The molecule has 236 valence electrons. The van der Waals surface area contributed by atoms with Crippen molar-refractivity contribution < 1.29 is 27.8 Å². The molecule has 2 aliphatic rings. The molecule has 12 heteroatoms. The first-order chi connectivity index (χ1) is 21.9. The molecule has 0 radical (unpaired) electrons. The van der Waals surface area contributed by atoms with Crippen molar-refractivity contribution in [3.63, 3.8) is 0 Å². The molecule has 1 fully saturated rings. The molecule has 1 saturated heterocycles. The molecule has 0 bridgehead atoms. The molecule has 0 aromatic heterocycles. The van der Waals surface area contributed by atoms with Crippen LogP contribution in [0.5, 0.6) is 5.75 Å². The second-order valence-electron chi connectivity index (χ2n) is 11.1. The number of aliphatic imine (C=N–C) groups is 1. The number of aliphatic hydroxyl groups is 1. The Hall–Kier alpha value is -4.38. The van der Waals surface area contributed by atoms with Gasteiger partial charge in [-0.1, -0.05) is 47.6 Å². The van der Waals surface area contributed by atoms with E-state index in [2.05, 4.69) is 10.0 Å². The lowest BCUT2D eigenvalue weighted by Crippen LogP contribution is -2.52. The Kier molecular flexibility index (Phi) is 10.4. The largest absolute Gasteiger partial charge is 0.494 e. The van der Waals surface area contributed by atoms with Crippen LogP contribution >= 0.6 is 0 Å². The smallest absolute Gasteiger partial charge is 0.254 e. The maximum absolute atomic E-state index is 14.7. The fraction of sp³-hybridized carbons (Fsp3) is 0.394. The zero-order chi connectivity index (χ0) is 31.7. The van der Waals surface area contributed by atoms with Crippen LogP contribution in [0.4, 0.5) is 0 Å². The normalized spacial score (nSPS) is 19.7. The Bertz CT molecular complexity index is 1650. The van der Waals surface area contributed by atoms with Gasteiger partial charge in [0, 0.05) is 43.0 Å². The minimum Gasteiger partial charge on any atom is -0.494 e. The lowest BCUT2D eigenvalue weighted by molar-refractivity contribution is -0.140. The predicted molar refractivity (Wildman–Crippen MR) is 170 cm³/mol. The highest BCUT2D eigenvalue weighted by atomic mass is 32.2. The van der Waals surface area contributed by atoms with E-state index in [0.29, 0.717) is 48.6 Å². The van der Waals surface area contributed by atoms with Gasteiger partial charge in [0.05, 0.1) is 23.8 Å². The lowest BCUT2D eigenvalue weighted by atomic mass is 9.82. The quantitative estimate of drug-likeness (QED) is 0.115. The molecule has 0 unspecified atom stereocenters. The second-order valence-corrected chi connectivity index (χ2v) is 13.2. The first-order valence-electron chi connectivity index (χ1n) is 15.1. The standard InChI is InChI=1S/C33H37N5O6S/c34-37-35-24-26-10-5-6-13-29(26)30-33(32(40)38-19-7-2-8-20-38,18-23-45(41,42)28-11-3-1-4-12-28)36-31(44-30)25-14-16-27(17-15-25)43-22-9-21-39/h1,3-6,10-17,30,39H,2,7-9,18-24H2/t30-,33-/m0/s1. The number of aliphatic hydroxyl groups excluding tert-OH is 1. The number of piperidine rings is 1. The number of likely N-dealkylation sites (tertiary alicyclic amines) is 1. The summed E-state index contributed by atoms with van der Waals surface area (Å²) in [5.74, 6) is 0.200. The molecular formula is C33H37N5O6S. The summed E-state index contributed by atoms with van der Waals surface area (Å²) in [5.41, 5.74) is 9.33. The number of amides is 1. The third-order valence-electron chi connectivity index (χ3n) is 8.15. The number of carbonyl (C=O) groups is 1. The van der Waals surface area contributed by atoms with Gasteiger partial charge in [-0.2, -0.15) is 0 Å². The number of carbonyl (C=O) groups excluding carboxylic acids is 1. The van der Waals surface area contributed by atoms with Crippen LogP contribution < -0.4 is 4.74 Å². The molecule has 0 saturated carbocycles. The molecule has 2 aliphatic heterocycles. The maximum Gasteiger partial charge on any atom is 0.254 e. The van der Waals surface area contributed by atoms with Crippen molar-refractivity contribution >= 4 is 21.6 Å². The highest BCUT2D eigenvalue weighted by Crippen LogP contribution is 2.45. The van der Waals surface area contributed by atoms with Crippen LogP contribution in [0.3, 0.4) is 0 Å². The molecule has 1 N–H and O–H groups in total. The first-order valence-corrected chi connectivity index (χ1v) is 16.8. The summed E-state index contributed by atoms with van der Waals surface area (Å²) >= 11 is 0. The third-order valence-corrected chi connectivity index (χ3v) is 9.88. The number of hydrogen-bond donors (Lipinski definition) is 1. The lowest BCUT2D eigenvalue weighted by Gasteiger charge is -2.37. The monoisotopic (exact) mass is 631 g/mol. The van der Waals surface area contributed by atoms with Crippen LogP contribution in [-0.4, -0.2) is 67.8 Å². The van der Waals surface area contributed by atoms with E-state index >= 15 is 0 Å². The fourth-order valence-electron chi connectivity index (χ4n) is 5.78. The average Bonchev–Trinajstić information content (AvgIpc) is 3.48. The van der Waals surface area contributed by atoms with Crippen molar-refractivity contribution in [1.82, 2.24) is 4.90 Å². The minimum absolute atomic E-state index is 0.0258. The number of sulfone groups is 1. The summed E-state index contributed by atoms with van der Waals surface area (Å²) in [7, 11) is -3.78. The summed E-state index contributed by atoms with van der Waals surface area (Å²) < 4.78 is 39.4. The van der Waals surface area contributed by atoms with Crippen LogP contribution in [0.15, 0.2) is 93.9 Å². The number of azide groups is 1. The van der Waals surface area contributed by atoms with Gasteiger partial charge in [-0.15, -0.1) is 0 Å². The predicted octanol–water partition coefficient (Wildman–Crippen LogP) is 5.39. The van der Waals surface area contributed by atoms with E-state index in [0.717, 1.165) is 19.3 Å². The van der Waals surface area contributed by atoms with Crippen molar-refractivity contribution in [2.24, 2.45) is 10.1 Å². The van der Waals surface area contributed by atoms with E-state index in [1.807, 2.05) is 18.2 Å². The van der Waals surface area contributed by atoms with E-state index < -0.39 is 21.5 Å². The van der Waals surface area contributed by atoms with Gasteiger partial charge in [-0.05, 0) is 72.3 Å².